The maximum absolute atomic E-state index is 13.5. The highest BCUT2D eigenvalue weighted by Gasteiger charge is 2.23. The molecule has 0 atom stereocenters. The zero-order valence-corrected chi connectivity index (χ0v) is 13.5. The van der Waals surface area contributed by atoms with Crippen LogP contribution < -0.4 is 4.72 Å². The molecule has 2 aromatic rings. The van der Waals surface area contributed by atoms with E-state index in [1.54, 1.807) is 12.1 Å². The second-order valence-electron chi connectivity index (χ2n) is 4.70. The molecule has 0 heterocycles. The number of halogens is 2. The summed E-state index contributed by atoms with van der Waals surface area (Å²) in [7, 11) is -4.22. The van der Waals surface area contributed by atoms with Crippen molar-refractivity contribution in [3.63, 3.8) is 0 Å². The monoisotopic (exact) mass is 368 g/mol. The fourth-order valence-corrected chi connectivity index (χ4v) is 3.49. The molecule has 0 aliphatic carbocycles. The molecule has 0 radical (unpaired) electrons. The van der Waals surface area contributed by atoms with Crippen LogP contribution in [0.4, 0.5) is 10.1 Å². The van der Waals surface area contributed by atoms with E-state index in [0.29, 0.717) is 17.7 Å². The summed E-state index contributed by atoms with van der Waals surface area (Å²) in [4.78, 5) is 10.4. The quantitative estimate of drug-likeness (QED) is 0.843. The summed E-state index contributed by atoms with van der Waals surface area (Å²) in [5, 5.41) is 17.0. The van der Waals surface area contributed by atoms with E-state index in [-0.39, 0.29) is 12.1 Å². The minimum atomic E-state index is -4.22. The number of nitrogens with zero attached hydrogens (tertiary/aromatic N) is 1. The van der Waals surface area contributed by atoms with Gasteiger partial charge in [-0.2, -0.15) is 5.26 Å². The first-order valence-electron chi connectivity index (χ1n) is 6.45. The lowest BCUT2D eigenvalue weighted by Crippen LogP contribution is -2.15. The van der Waals surface area contributed by atoms with Gasteiger partial charge in [-0.1, -0.05) is 23.7 Å². The molecule has 9 heteroatoms. The van der Waals surface area contributed by atoms with Crippen molar-refractivity contribution in [2.45, 2.75) is 11.3 Å². The number of nitrogens with one attached hydrogen (secondary N) is 1. The lowest BCUT2D eigenvalue weighted by molar-refractivity contribution is 0.0691. The highest BCUT2D eigenvalue weighted by molar-refractivity contribution is 7.92. The molecule has 0 amide bonds. The number of carboxylic acid groups (broad SMARTS) is 1. The minimum absolute atomic E-state index is 0.179. The number of rotatable bonds is 5. The Morgan fingerprint density at radius 2 is 1.92 bits per heavy atom. The molecule has 0 unspecified atom stereocenters. The Morgan fingerprint density at radius 1 is 1.29 bits per heavy atom. The first-order chi connectivity index (χ1) is 11.2. The number of hydrogen-bond acceptors (Lipinski definition) is 4. The molecule has 0 saturated carbocycles. The van der Waals surface area contributed by atoms with E-state index in [2.05, 4.69) is 4.72 Å². The molecule has 0 fully saturated rings. The van der Waals surface area contributed by atoms with Crippen molar-refractivity contribution in [2.24, 2.45) is 0 Å². The Morgan fingerprint density at radius 3 is 2.46 bits per heavy atom. The number of carboxylic acids is 1. The Hall–Kier alpha value is -2.63. The number of anilines is 1. The molecule has 124 valence electrons. The number of aromatic carboxylic acids is 1. The maximum Gasteiger partial charge on any atom is 0.338 e. The van der Waals surface area contributed by atoms with Gasteiger partial charge < -0.3 is 5.11 Å². The summed E-state index contributed by atoms with van der Waals surface area (Å²) in [6.07, 6.45) is 0.179. The molecule has 2 rings (SSSR count). The molecular formula is C15H10ClFN2O4S. The molecule has 0 aliphatic rings. The van der Waals surface area contributed by atoms with E-state index in [1.807, 2.05) is 6.07 Å². The summed E-state index contributed by atoms with van der Waals surface area (Å²) in [5.74, 6) is -2.74. The van der Waals surface area contributed by atoms with E-state index in [0.717, 1.165) is 0 Å². The van der Waals surface area contributed by atoms with Crippen LogP contribution in [0.3, 0.4) is 0 Å². The van der Waals surface area contributed by atoms with Gasteiger partial charge in [0.15, 0.2) is 0 Å². The first kappa shape index (κ1) is 17.7. The van der Waals surface area contributed by atoms with E-state index in [9.17, 15) is 17.6 Å². The van der Waals surface area contributed by atoms with Gasteiger partial charge in [0.25, 0.3) is 10.0 Å². The average molecular weight is 369 g/mol. The summed E-state index contributed by atoms with van der Waals surface area (Å²) < 4.78 is 40.4. The van der Waals surface area contributed by atoms with Crippen LogP contribution in [0.5, 0.6) is 0 Å². The summed E-state index contributed by atoms with van der Waals surface area (Å²) in [5.41, 5.74) is 0.0894. The number of carbonyl (C=O) groups is 1. The van der Waals surface area contributed by atoms with Crippen molar-refractivity contribution in [3.05, 3.63) is 58.4 Å². The predicted molar refractivity (Wildman–Crippen MR) is 84.9 cm³/mol. The van der Waals surface area contributed by atoms with E-state index < -0.39 is 37.3 Å². The molecule has 24 heavy (non-hydrogen) atoms. The van der Waals surface area contributed by atoms with Crippen LogP contribution in [0.1, 0.15) is 15.9 Å². The van der Waals surface area contributed by atoms with Gasteiger partial charge in [-0.25, -0.2) is 17.6 Å². The van der Waals surface area contributed by atoms with Crippen molar-refractivity contribution >= 4 is 33.3 Å². The highest BCUT2D eigenvalue weighted by Crippen LogP contribution is 2.27. The van der Waals surface area contributed by atoms with E-state index >= 15 is 0 Å². The summed E-state index contributed by atoms with van der Waals surface area (Å²) >= 11 is 5.74. The smallest absolute Gasteiger partial charge is 0.338 e. The summed E-state index contributed by atoms with van der Waals surface area (Å²) in [6.45, 7) is 0. The van der Waals surface area contributed by atoms with Crippen LogP contribution in [-0.4, -0.2) is 19.5 Å². The van der Waals surface area contributed by atoms with Crippen molar-refractivity contribution in [2.75, 3.05) is 4.72 Å². The Bertz CT molecular complexity index is 937. The van der Waals surface area contributed by atoms with Gasteiger partial charge in [-0.05, 0) is 29.8 Å². The Balaban J connectivity index is 2.39. The van der Waals surface area contributed by atoms with Gasteiger partial charge in [0, 0.05) is 5.69 Å². The Kier molecular flexibility index (Phi) is 5.07. The molecule has 6 nitrogen and oxygen atoms in total. The molecule has 0 saturated heterocycles. The van der Waals surface area contributed by atoms with E-state index in [4.69, 9.17) is 22.0 Å². The predicted octanol–water partition coefficient (Wildman–Crippen LogP) is 3.04. The van der Waals surface area contributed by atoms with Crippen molar-refractivity contribution in [1.29, 1.82) is 5.26 Å². The van der Waals surface area contributed by atoms with Crippen LogP contribution in [0.2, 0.25) is 5.02 Å². The minimum Gasteiger partial charge on any atom is -0.478 e. The summed E-state index contributed by atoms with van der Waals surface area (Å²) in [6, 6.07) is 9.27. The first-order valence-corrected chi connectivity index (χ1v) is 8.32. The average Bonchev–Trinajstić information content (AvgIpc) is 2.48. The second-order valence-corrected chi connectivity index (χ2v) is 6.76. The van der Waals surface area contributed by atoms with Gasteiger partial charge in [-0.3, -0.25) is 4.72 Å². The second kappa shape index (κ2) is 6.86. The van der Waals surface area contributed by atoms with Crippen LogP contribution >= 0.6 is 11.6 Å². The molecule has 2 aromatic carbocycles. The number of benzene rings is 2. The zero-order valence-electron chi connectivity index (χ0n) is 12.0. The number of nitriles is 1. The van der Waals surface area contributed by atoms with Gasteiger partial charge in [0.2, 0.25) is 0 Å². The third-order valence-corrected chi connectivity index (χ3v) is 4.88. The van der Waals surface area contributed by atoms with Gasteiger partial charge in [0.05, 0.1) is 23.1 Å². The SMILES string of the molecule is N#CCc1ccc(NS(=O)(=O)c2cc(C(=O)O)c(F)cc2Cl)cc1. The molecule has 2 N–H and O–H groups in total. The molecule has 0 bridgehead atoms. The lowest BCUT2D eigenvalue weighted by Gasteiger charge is -2.11. The molecule has 0 spiro atoms. The van der Waals surface area contributed by atoms with E-state index in [1.165, 1.54) is 12.1 Å². The Labute approximate surface area is 142 Å². The van der Waals surface area contributed by atoms with Crippen LogP contribution in [0.15, 0.2) is 41.3 Å². The largest absolute Gasteiger partial charge is 0.478 e. The van der Waals surface area contributed by atoms with Crippen molar-refractivity contribution in [3.8, 4) is 6.07 Å². The van der Waals surface area contributed by atoms with Crippen LogP contribution in [-0.2, 0) is 16.4 Å². The van der Waals surface area contributed by atoms with Crippen LogP contribution in [0, 0.1) is 17.1 Å². The fraction of sp³-hybridized carbons (Fsp3) is 0.0667. The van der Waals surface area contributed by atoms with Crippen LogP contribution in [0.25, 0.3) is 0 Å². The molecular weight excluding hydrogens is 359 g/mol. The third-order valence-electron chi connectivity index (χ3n) is 3.03. The fourth-order valence-electron chi connectivity index (χ4n) is 1.89. The van der Waals surface area contributed by atoms with Crippen molar-refractivity contribution < 1.29 is 22.7 Å². The zero-order chi connectivity index (χ0) is 17.9. The maximum atomic E-state index is 13.5. The normalized spacial score (nSPS) is 10.9. The third kappa shape index (κ3) is 3.82. The topological polar surface area (TPSA) is 107 Å². The number of sulfonamides is 1. The molecule has 0 aromatic heterocycles. The molecule has 0 aliphatic heterocycles. The number of hydrogen-bond donors (Lipinski definition) is 2. The standard InChI is InChI=1S/C15H10ClFN2O4S/c16-12-8-13(17)11(15(20)21)7-14(12)24(22,23)19-10-3-1-9(2-4-10)5-6-18/h1-4,7-8,19H,5H2,(H,20,21). The highest BCUT2D eigenvalue weighted by atomic mass is 35.5. The lowest BCUT2D eigenvalue weighted by atomic mass is 10.1. The van der Waals surface area contributed by atoms with Gasteiger partial charge in [0.1, 0.15) is 10.7 Å². The van der Waals surface area contributed by atoms with Crippen molar-refractivity contribution in [1.82, 2.24) is 0 Å². The van der Waals surface area contributed by atoms with Gasteiger partial charge in [-0.15, -0.1) is 0 Å². The van der Waals surface area contributed by atoms with Gasteiger partial charge >= 0.3 is 5.97 Å².